The Morgan fingerprint density at radius 1 is 0.848 bits per heavy atom. The van der Waals surface area contributed by atoms with Gasteiger partial charge in [0.2, 0.25) is 0 Å². The van der Waals surface area contributed by atoms with Crippen molar-refractivity contribution in [2.24, 2.45) is 15.2 Å². The number of hydrogen-bond acceptors (Lipinski definition) is 9. The van der Waals surface area contributed by atoms with Crippen molar-refractivity contribution in [3.8, 4) is 5.75 Å². The molecule has 0 heterocycles. The van der Waals surface area contributed by atoms with E-state index in [1.165, 1.54) is 31.2 Å². The van der Waals surface area contributed by atoms with Crippen LogP contribution in [0.3, 0.4) is 0 Å². The van der Waals surface area contributed by atoms with Gasteiger partial charge in [0.25, 0.3) is 20.2 Å². The summed E-state index contributed by atoms with van der Waals surface area (Å²) < 4.78 is 64.9. The minimum absolute atomic E-state index is 0. The molecule has 0 aliphatic carbocycles. The average molecular weight is 509 g/mol. The van der Waals surface area contributed by atoms with Gasteiger partial charge in [-0.15, -0.1) is 5.11 Å². The summed E-state index contributed by atoms with van der Waals surface area (Å²) in [5, 5.41) is 30.9. The van der Waals surface area contributed by atoms with Crippen LogP contribution in [0.25, 0.3) is 10.8 Å². The number of fused-ring (bicyclic) bond motifs is 1. The van der Waals surface area contributed by atoms with Crippen LogP contribution in [0.5, 0.6) is 5.75 Å². The maximum Gasteiger partial charge on any atom is 1.00 e. The van der Waals surface area contributed by atoms with Crippen LogP contribution in [-0.4, -0.2) is 31.8 Å². The minimum atomic E-state index is -4.94. The van der Waals surface area contributed by atoms with E-state index in [1.54, 1.807) is 0 Å². The third-order valence-corrected chi connectivity index (χ3v) is 5.70. The second-order valence-corrected chi connectivity index (χ2v) is 9.04. The van der Waals surface area contributed by atoms with Crippen molar-refractivity contribution >= 4 is 54.0 Å². The van der Waals surface area contributed by atoms with E-state index in [-0.39, 0.29) is 75.6 Å². The van der Waals surface area contributed by atoms with Gasteiger partial charge in [-0.2, -0.15) is 21.9 Å². The maximum absolute atomic E-state index is 12.8. The van der Waals surface area contributed by atoms with E-state index in [2.05, 4.69) is 15.2 Å². The number of rotatable bonds is 5. The zero-order valence-corrected chi connectivity index (χ0v) is 23.3. The predicted molar refractivity (Wildman–Crippen MR) is 106 cm³/mol. The van der Waals surface area contributed by atoms with Crippen LogP contribution in [0.4, 0.5) is 17.1 Å². The summed E-state index contributed by atoms with van der Waals surface area (Å²) in [6, 6.07) is 9.52. The molecule has 0 saturated heterocycles. The van der Waals surface area contributed by atoms with E-state index in [4.69, 9.17) is 4.55 Å². The van der Waals surface area contributed by atoms with E-state index in [9.17, 15) is 31.6 Å². The second kappa shape index (κ2) is 11.4. The molecule has 0 spiro atoms. The Balaban J connectivity index is 0.00000272. The zero-order valence-electron chi connectivity index (χ0n) is 17.6. The van der Waals surface area contributed by atoms with Gasteiger partial charge < -0.3 is 10.2 Å². The van der Waals surface area contributed by atoms with Crippen LogP contribution in [-0.2, 0) is 20.2 Å². The van der Waals surface area contributed by atoms with Crippen LogP contribution in [0.1, 0.15) is 6.92 Å². The number of benzene rings is 3. The molecule has 0 unspecified atom stereocenters. The Bertz CT molecular complexity index is 1450. The number of hydrogen-bond donors (Lipinski definition) is 2. The van der Waals surface area contributed by atoms with Gasteiger partial charge in [-0.05, 0) is 66.1 Å². The summed E-state index contributed by atoms with van der Waals surface area (Å²) in [6.45, 7) is 1.28. The molecule has 0 bridgehead atoms. The molecule has 15 heteroatoms. The molecule has 0 radical (unpaired) electrons. The Kier molecular flexibility index (Phi) is 10.2. The van der Waals surface area contributed by atoms with Crippen LogP contribution in [0, 0.1) is 0 Å². The van der Waals surface area contributed by atoms with Crippen molar-refractivity contribution in [2.75, 3.05) is 0 Å². The summed E-state index contributed by atoms with van der Waals surface area (Å²) in [4.78, 5) is 2.26. The summed E-state index contributed by atoms with van der Waals surface area (Å²) in [6.07, 6.45) is 0. The van der Waals surface area contributed by atoms with E-state index in [0.29, 0.717) is 5.69 Å². The summed E-state index contributed by atoms with van der Waals surface area (Å²) >= 11 is 0. The summed E-state index contributed by atoms with van der Waals surface area (Å²) in [5.74, 6) is -1.34. The van der Waals surface area contributed by atoms with Gasteiger partial charge in [-0.25, -0.2) is 0 Å². The Labute approximate surface area is 233 Å². The molecule has 0 aromatic heterocycles. The van der Waals surface area contributed by atoms with E-state index >= 15 is 0 Å². The SMILES string of the molecule is CC([O-])=Nc1ccc(N=Nc2c(S(=O)(=O)O)cc3cc(S(=O)(=O)O)ccc3c2[O-])cc1.[Na+].[Na+]. The molecule has 3 aromatic carbocycles. The average Bonchev–Trinajstić information content (AvgIpc) is 2.66. The van der Waals surface area contributed by atoms with Gasteiger partial charge >= 0.3 is 59.1 Å². The molecular weight excluding hydrogens is 496 g/mol. The molecule has 0 aliphatic rings. The third-order valence-electron chi connectivity index (χ3n) is 3.98. The fourth-order valence-electron chi connectivity index (χ4n) is 2.65. The third kappa shape index (κ3) is 7.29. The molecule has 33 heavy (non-hydrogen) atoms. The fraction of sp³-hybridized carbons (Fsp3) is 0.0556. The first-order valence-electron chi connectivity index (χ1n) is 8.33. The van der Waals surface area contributed by atoms with E-state index in [0.717, 1.165) is 24.3 Å². The van der Waals surface area contributed by atoms with Crippen molar-refractivity contribution < 1.29 is 95.3 Å². The van der Waals surface area contributed by atoms with Gasteiger partial charge in [0.15, 0.2) is 0 Å². The fourth-order valence-corrected chi connectivity index (χ4v) is 3.82. The molecule has 162 valence electrons. The van der Waals surface area contributed by atoms with Crippen molar-refractivity contribution in [3.05, 3.63) is 48.5 Å². The molecule has 3 rings (SSSR count). The minimum Gasteiger partial charge on any atom is -0.871 e. The monoisotopic (exact) mass is 509 g/mol. The maximum atomic E-state index is 12.8. The first kappa shape index (κ1) is 29.6. The molecule has 0 fully saturated rings. The number of aliphatic imine (C=N–C) groups is 1. The van der Waals surface area contributed by atoms with Crippen molar-refractivity contribution in [1.29, 1.82) is 0 Å². The number of nitrogens with zero attached hydrogens (tertiary/aromatic N) is 3. The molecule has 0 aliphatic heterocycles. The van der Waals surface area contributed by atoms with Gasteiger partial charge in [-0.3, -0.25) is 14.1 Å². The van der Waals surface area contributed by atoms with Gasteiger partial charge in [0.05, 0.1) is 22.0 Å². The zero-order chi connectivity index (χ0) is 23.0. The van der Waals surface area contributed by atoms with Gasteiger partial charge in [0, 0.05) is 0 Å². The number of azo groups is 1. The normalized spacial score (nSPS) is 12.4. The largest absolute Gasteiger partial charge is 1.00 e. The van der Waals surface area contributed by atoms with Crippen LogP contribution < -0.4 is 69.3 Å². The van der Waals surface area contributed by atoms with Crippen molar-refractivity contribution in [3.63, 3.8) is 0 Å². The molecule has 2 N–H and O–H groups in total. The summed E-state index contributed by atoms with van der Waals surface area (Å²) in [5.41, 5.74) is -0.132. The Morgan fingerprint density at radius 2 is 1.42 bits per heavy atom. The molecule has 0 atom stereocenters. The van der Waals surface area contributed by atoms with Gasteiger partial charge in [-0.1, -0.05) is 11.8 Å². The van der Waals surface area contributed by atoms with Gasteiger partial charge in [0.1, 0.15) is 4.90 Å². The quantitative estimate of drug-likeness (QED) is 0.115. The smallest absolute Gasteiger partial charge is 0.871 e. The Morgan fingerprint density at radius 3 is 1.94 bits per heavy atom. The standard InChI is InChI=1S/C18H15N3O8S2.2Na/c1-10(22)19-12-2-4-13(5-3-12)20-21-17-16(31(27,28)29)9-11-8-14(30(24,25)26)6-7-15(11)18(17)23;;/h2-9,23H,1H3,(H,19,22)(H,24,25,26)(H,27,28,29);;/q;2*+1/p-2. The van der Waals surface area contributed by atoms with Crippen LogP contribution in [0.2, 0.25) is 0 Å². The first-order chi connectivity index (χ1) is 14.4. The molecule has 3 aromatic rings. The van der Waals surface area contributed by atoms with E-state index < -0.39 is 47.4 Å². The second-order valence-electron chi connectivity index (χ2n) is 6.23. The Hall–Kier alpha value is -1.39. The molecular formula is C18H13N3Na2O8S2. The topological polar surface area (TPSA) is 192 Å². The van der Waals surface area contributed by atoms with Crippen molar-refractivity contribution in [1.82, 2.24) is 0 Å². The molecule has 0 saturated carbocycles. The first-order valence-corrected chi connectivity index (χ1v) is 11.2. The molecule has 0 amide bonds. The van der Waals surface area contributed by atoms with E-state index in [1.807, 2.05) is 0 Å². The van der Waals surface area contributed by atoms with Crippen LogP contribution in [0.15, 0.2) is 73.5 Å². The molecule has 11 nitrogen and oxygen atoms in total. The van der Waals surface area contributed by atoms with Crippen molar-refractivity contribution in [2.45, 2.75) is 16.7 Å². The summed E-state index contributed by atoms with van der Waals surface area (Å²) in [7, 11) is -9.55. The predicted octanol–water partition coefficient (Wildman–Crippen LogP) is -3.76. The van der Waals surface area contributed by atoms with Crippen LogP contribution >= 0.6 is 0 Å².